The van der Waals surface area contributed by atoms with Crippen molar-refractivity contribution in [2.24, 2.45) is 0 Å². The molecule has 1 rings (SSSR count). The van der Waals surface area contributed by atoms with Gasteiger partial charge in [0.15, 0.2) is 0 Å². The van der Waals surface area contributed by atoms with Gasteiger partial charge in [-0.15, -0.1) is 0 Å². The van der Waals surface area contributed by atoms with Crippen LogP contribution in [-0.4, -0.2) is 31.8 Å². The fourth-order valence-electron chi connectivity index (χ4n) is 1.39. The lowest BCUT2D eigenvalue weighted by Gasteiger charge is -2.26. The molecule has 0 heterocycles. The van der Waals surface area contributed by atoms with Crippen molar-refractivity contribution in [3.8, 4) is 0 Å². The van der Waals surface area contributed by atoms with E-state index < -0.39 is 22.0 Å². The Kier molecular flexibility index (Phi) is 4.00. The van der Waals surface area contributed by atoms with Crippen molar-refractivity contribution in [2.75, 3.05) is 10.6 Å². The molecule has 94 valence electrons. The van der Waals surface area contributed by atoms with Crippen LogP contribution in [0.1, 0.15) is 6.92 Å². The Morgan fingerprint density at radius 3 is 2.18 bits per heavy atom. The zero-order chi connectivity index (χ0) is 13.2. The fourth-order valence-corrected chi connectivity index (χ4v) is 2.69. The number of halogens is 1. The van der Waals surface area contributed by atoms with Crippen molar-refractivity contribution >= 4 is 33.3 Å². The van der Waals surface area contributed by atoms with Gasteiger partial charge in [-0.05, 0) is 31.2 Å². The maximum absolute atomic E-state index is 11.6. The van der Waals surface area contributed by atoms with Crippen LogP contribution < -0.4 is 4.31 Å². The van der Waals surface area contributed by atoms with E-state index in [1.807, 2.05) is 0 Å². The third-order valence-electron chi connectivity index (χ3n) is 2.15. The van der Waals surface area contributed by atoms with E-state index in [4.69, 9.17) is 16.7 Å². The summed E-state index contributed by atoms with van der Waals surface area (Å²) in [6, 6.07) is 4.75. The highest BCUT2D eigenvalue weighted by Crippen LogP contribution is 2.22. The Morgan fingerprint density at radius 1 is 1.35 bits per heavy atom. The first-order valence-electron chi connectivity index (χ1n) is 4.71. The summed E-state index contributed by atoms with van der Waals surface area (Å²) in [5, 5.41) is 9.35. The fraction of sp³-hybridized carbons (Fsp3) is 0.300. The highest BCUT2D eigenvalue weighted by atomic mass is 35.5. The minimum atomic E-state index is -3.67. The summed E-state index contributed by atoms with van der Waals surface area (Å²) in [6.07, 6.45) is 0.959. The number of benzene rings is 1. The average Bonchev–Trinajstić information content (AvgIpc) is 2.19. The molecule has 0 bridgehead atoms. The summed E-state index contributed by atoms with van der Waals surface area (Å²) in [5.41, 5.74) is 0.270. The standard InChI is InChI=1S/C10H12ClNO4S/c1-7(10(13)14)12(17(2,15)16)9-5-3-8(11)4-6-9/h3-7H,1-2H3,(H,13,14). The molecule has 0 aliphatic heterocycles. The van der Waals surface area contributed by atoms with Gasteiger partial charge in [0.2, 0.25) is 10.0 Å². The van der Waals surface area contributed by atoms with Crippen molar-refractivity contribution in [1.29, 1.82) is 0 Å². The van der Waals surface area contributed by atoms with Crippen molar-refractivity contribution in [3.05, 3.63) is 29.3 Å². The highest BCUT2D eigenvalue weighted by molar-refractivity contribution is 7.92. The number of nitrogens with zero attached hydrogens (tertiary/aromatic N) is 1. The van der Waals surface area contributed by atoms with Gasteiger partial charge in [0, 0.05) is 5.02 Å². The molecule has 0 saturated heterocycles. The van der Waals surface area contributed by atoms with Crippen molar-refractivity contribution in [3.63, 3.8) is 0 Å². The molecule has 0 spiro atoms. The van der Waals surface area contributed by atoms with E-state index in [1.165, 1.54) is 31.2 Å². The molecule has 0 fully saturated rings. The normalized spacial score (nSPS) is 13.1. The van der Waals surface area contributed by atoms with E-state index in [1.54, 1.807) is 0 Å². The van der Waals surface area contributed by atoms with E-state index in [-0.39, 0.29) is 5.69 Å². The Bertz CT molecular complexity index is 512. The quantitative estimate of drug-likeness (QED) is 0.907. The number of sulfonamides is 1. The van der Waals surface area contributed by atoms with Gasteiger partial charge in [0.1, 0.15) is 6.04 Å². The largest absolute Gasteiger partial charge is 0.480 e. The first kappa shape index (κ1) is 13.8. The van der Waals surface area contributed by atoms with E-state index in [9.17, 15) is 13.2 Å². The monoisotopic (exact) mass is 277 g/mol. The minimum Gasteiger partial charge on any atom is -0.480 e. The maximum Gasteiger partial charge on any atom is 0.327 e. The van der Waals surface area contributed by atoms with Crippen LogP contribution in [0.3, 0.4) is 0 Å². The molecule has 0 aliphatic carbocycles. The van der Waals surface area contributed by atoms with E-state index in [0.29, 0.717) is 5.02 Å². The van der Waals surface area contributed by atoms with Gasteiger partial charge in [0.05, 0.1) is 11.9 Å². The number of aliphatic carboxylic acids is 1. The number of hydrogen-bond donors (Lipinski definition) is 1. The number of anilines is 1. The number of carboxylic acid groups (broad SMARTS) is 1. The molecule has 5 nitrogen and oxygen atoms in total. The molecule has 1 N–H and O–H groups in total. The van der Waals surface area contributed by atoms with Gasteiger partial charge >= 0.3 is 5.97 Å². The number of rotatable bonds is 4. The lowest BCUT2D eigenvalue weighted by Crippen LogP contribution is -2.42. The zero-order valence-corrected chi connectivity index (χ0v) is 10.9. The van der Waals surface area contributed by atoms with Gasteiger partial charge in [-0.2, -0.15) is 0 Å². The van der Waals surface area contributed by atoms with Crippen molar-refractivity contribution < 1.29 is 18.3 Å². The molecule has 1 aromatic carbocycles. The predicted molar refractivity (Wildman–Crippen MR) is 65.9 cm³/mol. The SMILES string of the molecule is CC(C(=O)O)N(c1ccc(Cl)cc1)S(C)(=O)=O. The summed E-state index contributed by atoms with van der Waals surface area (Å²) in [5.74, 6) is -1.22. The second-order valence-corrected chi connectivity index (χ2v) is 5.85. The molecule has 1 atom stereocenters. The lowest BCUT2D eigenvalue weighted by atomic mass is 10.2. The molecular weight excluding hydrogens is 266 g/mol. The molecule has 0 radical (unpaired) electrons. The van der Waals surface area contributed by atoms with Crippen LogP contribution in [0.4, 0.5) is 5.69 Å². The Labute approximate surface area is 105 Å². The van der Waals surface area contributed by atoms with Crippen LogP contribution >= 0.6 is 11.6 Å². The summed E-state index contributed by atoms with van der Waals surface area (Å²) >= 11 is 5.69. The van der Waals surface area contributed by atoms with Gasteiger partial charge in [0.25, 0.3) is 0 Å². The van der Waals surface area contributed by atoms with Crippen LogP contribution in [0, 0.1) is 0 Å². The highest BCUT2D eigenvalue weighted by Gasteiger charge is 2.28. The third-order valence-corrected chi connectivity index (χ3v) is 3.64. The zero-order valence-electron chi connectivity index (χ0n) is 9.29. The Morgan fingerprint density at radius 2 is 1.82 bits per heavy atom. The van der Waals surface area contributed by atoms with Crippen LogP contribution in [-0.2, 0) is 14.8 Å². The smallest absolute Gasteiger partial charge is 0.327 e. The van der Waals surface area contributed by atoms with Gasteiger partial charge in [-0.3, -0.25) is 4.31 Å². The molecule has 0 saturated carbocycles. The molecule has 0 aliphatic rings. The van der Waals surface area contributed by atoms with E-state index in [0.717, 1.165) is 10.6 Å². The summed E-state index contributed by atoms with van der Waals surface area (Å²) in [4.78, 5) is 10.9. The Hall–Kier alpha value is -1.27. The first-order chi connectivity index (χ1) is 7.73. The number of carbonyl (C=O) groups is 1. The molecule has 7 heteroatoms. The molecule has 1 unspecified atom stereocenters. The maximum atomic E-state index is 11.6. The van der Waals surface area contributed by atoms with Crippen LogP contribution in [0.2, 0.25) is 5.02 Å². The lowest BCUT2D eigenvalue weighted by molar-refractivity contribution is -0.137. The van der Waals surface area contributed by atoms with Crippen LogP contribution in [0.15, 0.2) is 24.3 Å². The van der Waals surface area contributed by atoms with E-state index in [2.05, 4.69) is 0 Å². The minimum absolute atomic E-state index is 0.270. The van der Waals surface area contributed by atoms with Gasteiger partial charge in [-0.25, -0.2) is 13.2 Å². The molecular formula is C10H12ClNO4S. The second kappa shape index (κ2) is 4.93. The molecule has 0 aromatic heterocycles. The van der Waals surface area contributed by atoms with Gasteiger partial charge in [-0.1, -0.05) is 11.6 Å². The van der Waals surface area contributed by atoms with Crippen LogP contribution in [0.5, 0.6) is 0 Å². The average molecular weight is 278 g/mol. The summed E-state index contributed by atoms with van der Waals surface area (Å²) in [6.45, 7) is 1.30. The molecule has 0 amide bonds. The van der Waals surface area contributed by atoms with Crippen molar-refractivity contribution in [2.45, 2.75) is 13.0 Å². The topological polar surface area (TPSA) is 74.7 Å². The molecule has 17 heavy (non-hydrogen) atoms. The summed E-state index contributed by atoms with van der Waals surface area (Å²) in [7, 11) is -3.67. The summed E-state index contributed by atoms with van der Waals surface area (Å²) < 4.78 is 24.0. The second-order valence-electron chi connectivity index (χ2n) is 3.55. The van der Waals surface area contributed by atoms with Crippen molar-refractivity contribution in [1.82, 2.24) is 0 Å². The Balaban J connectivity index is 3.25. The predicted octanol–water partition coefficient (Wildman–Crippen LogP) is 1.58. The van der Waals surface area contributed by atoms with E-state index >= 15 is 0 Å². The van der Waals surface area contributed by atoms with Crippen LogP contribution in [0.25, 0.3) is 0 Å². The third kappa shape index (κ3) is 3.34. The van der Waals surface area contributed by atoms with Gasteiger partial charge < -0.3 is 5.11 Å². The first-order valence-corrected chi connectivity index (χ1v) is 6.94. The number of carboxylic acids is 1. The molecule has 1 aromatic rings. The number of hydrogen-bond acceptors (Lipinski definition) is 3.